The van der Waals surface area contributed by atoms with Crippen molar-refractivity contribution in [1.29, 1.82) is 0 Å². The third-order valence-corrected chi connectivity index (χ3v) is 4.06. The molecular formula is C20H25IN6. The first-order chi connectivity index (χ1) is 12.8. The summed E-state index contributed by atoms with van der Waals surface area (Å²) in [5.74, 6) is 1.73. The second-order valence-corrected chi connectivity index (χ2v) is 6.01. The Kier molecular flexibility index (Phi) is 8.25. The van der Waals surface area contributed by atoms with Gasteiger partial charge in [-0.25, -0.2) is 4.98 Å². The molecule has 1 aromatic carbocycles. The number of halogens is 1. The molecule has 2 aromatic heterocycles. The Balaban J connectivity index is 0.00000261. The molecule has 6 nitrogen and oxygen atoms in total. The fraction of sp³-hybridized carbons (Fsp3) is 0.250. The summed E-state index contributed by atoms with van der Waals surface area (Å²) in [7, 11) is 3.79. The molecule has 0 aliphatic rings. The number of pyridine rings is 1. The van der Waals surface area contributed by atoms with Gasteiger partial charge in [0.05, 0.1) is 18.4 Å². The second kappa shape index (κ2) is 10.7. The molecule has 2 heterocycles. The molecule has 3 aromatic rings. The molecule has 0 radical (unpaired) electrons. The van der Waals surface area contributed by atoms with Crippen molar-refractivity contribution < 1.29 is 0 Å². The molecule has 0 bridgehead atoms. The molecule has 27 heavy (non-hydrogen) atoms. The van der Waals surface area contributed by atoms with E-state index in [4.69, 9.17) is 0 Å². The highest BCUT2D eigenvalue weighted by molar-refractivity contribution is 14.0. The molecule has 0 saturated heterocycles. The van der Waals surface area contributed by atoms with E-state index in [0.29, 0.717) is 6.54 Å². The fourth-order valence-corrected chi connectivity index (χ4v) is 2.74. The van der Waals surface area contributed by atoms with E-state index in [9.17, 15) is 0 Å². The van der Waals surface area contributed by atoms with Gasteiger partial charge in [-0.1, -0.05) is 36.4 Å². The van der Waals surface area contributed by atoms with Crippen LogP contribution in [-0.2, 0) is 13.0 Å². The predicted molar refractivity (Wildman–Crippen MR) is 120 cm³/mol. The molecule has 0 unspecified atom stereocenters. The van der Waals surface area contributed by atoms with E-state index in [1.165, 1.54) is 0 Å². The Bertz CT molecular complexity index is 832. The maximum Gasteiger partial charge on any atom is 0.193 e. The lowest BCUT2D eigenvalue weighted by atomic mass is 10.2. The summed E-state index contributed by atoms with van der Waals surface area (Å²) in [4.78, 5) is 18.6. The smallest absolute Gasteiger partial charge is 0.193 e. The Morgan fingerprint density at radius 3 is 2.59 bits per heavy atom. The summed E-state index contributed by atoms with van der Waals surface area (Å²) >= 11 is 0. The highest BCUT2D eigenvalue weighted by Gasteiger charge is 2.09. The van der Waals surface area contributed by atoms with Gasteiger partial charge in [-0.3, -0.25) is 9.98 Å². The SMILES string of the molecule is CN=C(NCCc1ccccn1)N(C)Cc1ncc(-c2ccccc2)[nH]1.I. The molecular weight excluding hydrogens is 451 g/mol. The van der Waals surface area contributed by atoms with E-state index >= 15 is 0 Å². The van der Waals surface area contributed by atoms with Crippen LogP contribution in [0, 0.1) is 0 Å². The molecule has 0 spiro atoms. The van der Waals surface area contributed by atoms with Gasteiger partial charge in [0, 0.05) is 39.0 Å². The van der Waals surface area contributed by atoms with Crippen LogP contribution in [0.4, 0.5) is 0 Å². The fourth-order valence-electron chi connectivity index (χ4n) is 2.74. The molecule has 0 aliphatic heterocycles. The molecule has 3 rings (SSSR count). The van der Waals surface area contributed by atoms with E-state index in [1.54, 1.807) is 7.05 Å². The van der Waals surface area contributed by atoms with Crippen molar-refractivity contribution in [3.8, 4) is 11.3 Å². The van der Waals surface area contributed by atoms with Gasteiger partial charge < -0.3 is 15.2 Å². The van der Waals surface area contributed by atoms with Crippen molar-refractivity contribution in [3.63, 3.8) is 0 Å². The minimum atomic E-state index is 0. The van der Waals surface area contributed by atoms with Crippen LogP contribution < -0.4 is 5.32 Å². The van der Waals surface area contributed by atoms with E-state index in [1.807, 2.05) is 60.7 Å². The van der Waals surface area contributed by atoms with E-state index in [-0.39, 0.29) is 24.0 Å². The second-order valence-electron chi connectivity index (χ2n) is 6.01. The molecule has 142 valence electrons. The number of nitrogens with one attached hydrogen (secondary N) is 2. The third kappa shape index (κ3) is 6.06. The monoisotopic (exact) mass is 476 g/mol. The molecule has 0 saturated carbocycles. The summed E-state index contributed by atoms with van der Waals surface area (Å²) in [6, 6.07) is 16.2. The lowest BCUT2D eigenvalue weighted by Crippen LogP contribution is -2.39. The van der Waals surface area contributed by atoms with Crippen molar-refractivity contribution >= 4 is 29.9 Å². The number of imidazole rings is 1. The largest absolute Gasteiger partial charge is 0.356 e. The summed E-state index contributed by atoms with van der Waals surface area (Å²) in [5, 5.41) is 3.37. The number of aromatic nitrogens is 3. The Morgan fingerprint density at radius 2 is 1.89 bits per heavy atom. The van der Waals surface area contributed by atoms with Gasteiger partial charge in [0.25, 0.3) is 0 Å². The van der Waals surface area contributed by atoms with Crippen molar-refractivity contribution in [2.45, 2.75) is 13.0 Å². The van der Waals surface area contributed by atoms with Gasteiger partial charge >= 0.3 is 0 Å². The van der Waals surface area contributed by atoms with Crippen molar-refractivity contribution in [2.24, 2.45) is 4.99 Å². The topological polar surface area (TPSA) is 69.2 Å². The van der Waals surface area contributed by atoms with E-state index in [2.05, 4.69) is 37.4 Å². The normalized spacial score (nSPS) is 11.0. The molecule has 7 heteroatoms. The van der Waals surface area contributed by atoms with Gasteiger partial charge in [-0.15, -0.1) is 24.0 Å². The van der Waals surface area contributed by atoms with Gasteiger partial charge in [0.2, 0.25) is 0 Å². The van der Waals surface area contributed by atoms with Gasteiger partial charge in [-0.2, -0.15) is 0 Å². The highest BCUT2D eigenvalue weighted by Crippen LogP contribution is 2.16. The lowest BCUT2D eigenvalue weighted by molar-refractivity contribution is 0.464. The first kappa shape index (κ1) is 20.9. The Morgan fingerprint density at radius 1 is 1.11 bits per heavy atom. The zero-order valence-corrected chi connectivity index (χ0v) is 17.9. The van der Waals surface area contributed by atoms with Crippen LogP contribution in [0.1, 0.15) is 11.5 Å². The minimum Gasteiger partial charge on any atom is -0.356 e. The number of hydrogen-bond donors (Lipinski definition) is 2. The van der Waals surface area contributed by atoms with Crippen LogP contribution in [0.25, 0.3) is 11.3 Å². The van der Waals surface area contributed by atoms with Crippen molar-refractivity contribution in [1.82, 2.24) is 25.2 Å². The highest BCUT2D eigenvalue weighted by atomic mass is 127. The summed E-state index contributed by atoms with van der Waals surface area (Å²) in [6.07, 6.45) is 4.54. The number of H-pyrrole nitrogens is 1. The number of benzene rings is 1. The number of guanidine groups is 1. The van der Waals surface area contributed by atoms with Gasteiger partial charge in [0.1, 0.15) is 5.82 Å². The Hall–Kier alpha value is -2.42. The first-order valence-electron chi connectivity index (χ1n) is 8.67. The summed E-state index contributed by atoms with van der Waals surface area (Å²) < 4.78 is 0. The van der Waals surface area contributed by atoms with Crippen molar-refractivity contribution in [2.75, 3.05) is 20.6 Å². The van der Waals surface area contributed by atoms with Crippen LogP contribution in [-0.4, -0.2) is 46.5 Å². The number of aromatic amines is 1. The van der Waals surface area contributed by atoms with Gasteiger partial charge in [0.15, 0.2) is 5.96 Å². The zero-order valence-electron chi connectivity index (χ0n) is 15.6. The number of rotatable bonds is 6. The Labute approximate surface area is 177 Å². The minimum absolute atomic E-state index is 0. The number of aliphatic imine (C=N–C) groups is 1. The predicted octanol–water partition coefficient (Wildman–Crippen LogP) is 3.34. The van der Waals surface area contributed by atoms with Crippen LogP contribution in [0.3, 0.4) is 0 Å². The molecule has 0 amide bonds. The quantitative estimate of drug-likeness (QED) is 0.326. The zero-order chi connectivity index (χ0) is 18.2. The molecule has 0 aliphatic carbocycles. The van der Waals surface area contributed by atoms with Crippen LogP contribution in [0.2, 0.25) is 0 Å². The molecule has 0 fully saturated rings. The first-order valence-corrected chi connectivity index (χ1v) is 8.67. The lowest BCUT2D eigenvalue weighted by Gasteiger charge is -2.21. The van der Waals surface area contributed by atoms with Crippen LogP contribution >= 0.6 is 24.0 Å². The number of nitrogens with zero attached hydrogens (tertiary/aromatic N) is 4. The third-order valence-electron chi connectivity index (χ3n) is 4.06. The van der Waals surface area contributed by atoms with E-state index < -0.39 is 0 Å². The van der Waals surface area contributed by atoms with Crippen LogP contribution in [0.5, 0.6) is 0 Å². The molecule has 0 atom stereocenters. The summed E-state index contributed by atoms with van der Waals surface area (Å²) in [5.41, 5.74) is 3.22. The van der Waals surface area contributed by atoms with Crippen LogP contribution in [0.15, 0.2) is 65.9 Å². The maximum absolute atomic E-state index is 4.49. The standard InChI is InChI=1S/C20H24N6.HI/c1-21-20(23-13-11-17-10-6-7-12-22-17)26(2)15-19-24-14-18(25-19)16-8-4-3-5-9-16;/h3-10,12,14H,11,13,15H2,1-2H3,(H,21,23)(H,24,25);1H. The average Bonchev–Trinajstić information content (AvgIpc) is 3.15. The van der Waals surface area contributed by atoms with E-state index in [0.717, 1.165) is 41.7 Å². The average molecular weight is 476 g/mol. The van der Waals surface area contributed by atoms with Gasteiger partial charge in [-0.05, 0) is 17.7 Å². The summed E-state index contributed by atoms with van der Waals surface area (Å²) in [6.45, 7) is 1.43. The molecule has 2 N–H and O–H groups in total. The maximum atomic E-state index is 4.49. The van der Waals surface area contributed by atoms with Crippen molar-refractivity contribution in [3.05, 3.63) is 72.4 Å². The number of hydrogen-bond acceptors (Lipinski definition) is 3.